The maximum atomic E-state index is 4.50. The third-order valence-corrected chi connectivity index (χ3v) is 6.83. The Bertz CT molecular complexity index is 461. The van der Waals surface area contributed by atoms with Gasteiger partial charge in [0.1, 0.15) is 10.0 Å². The number of hydrogen-bond acceptors (Lipinski definition) is 4. The molecule has 1 aromatic heterocycles. The summed E-state index contributed by atoms with van der Waals surface area (Å²) in [4.78, 5) is 0. The van der Waals surface area contributed by atoms with Crippen molar-refractivity contribution in [1.82, 2.24) is 15.5 Å². The fourth-order valence-electron chi connectivity index (χ4n) is 5.63. The van der Waals surface area contributed by atoms with Gasteiger partial charge in [-0.2, -0.15) is 0 Å². The van der Waals surface area contributed by atoms with Gasteiger partial charge in [-0.3, -0.25) is 0 Å². The van der Waals surface area contributed by atoms with E-state index in [4.69, 9.17) is 0 Å². The van der Waals surface area contributed by atoms with Crippen LogP contribution < -0.4 is 5.32 Å². The van der Waals surface area contributed by atoms with Crippen molar-refractivity contribution in [1.29, 1.82) is 0 Å². The summed E-state index contributed by atoms with van der Waals surface area (Å²) in [6.45, 7) is 4.17. The number of aromatic nitrogens is 2. The van der Waals surface area contributed by atoms with E-state index in [-0.39, 0.29) is 0 Å². The number of rotatable bonds is 6. The summed E-state index contributed by atoms with van der Waals surface area (Å²) >= 11 is 1.85. The minimum absolute atomic E-state index is 0.600. The molecule has 5 rings (SSSR count). The maximum Gasteiger partial charge on any atom is 0.131 e. The molecule has 0 spiro atoms. The Morgan fingerprint density at radius 3 is 2.29 bits per heavy atom. The van der Waals surface area contributed by atoms with Gasteiger partial charge in [-0.25, -0.2) is 0 Å². The Morgan fingerprint density at radius 2 is 1.67 bits per heavy atom. The van der Waals surface area contributed by atoms with Crippen molar-refractivity contribution in [2.75, 3.05) is 6.54 Å². The number of nitrogens with zero attached hydrogens (tertiary/aromatic N) is 2. The maximum absolute atomic E-state index is 4.50. The quantitative estimate of drug-likeness (QED) is 0.812. The zero-order valence-corrected chi connectivity index (χ0v) is 13.9. The molecule has 4 aliphatic rings. The summed E-state index contributed by atoms with van der Waals surface area (Å²) < 4.78 is 0. The van der Waals surface area contributed by atoms with Crippen LogP contribution in [0.1, 0.15) is 61.9 Å². The topological polar surface area (TPSA) is 37.8 Å². The van der Waals surface area contributed by atoms with E-state index >= 15 is 0 Å². The van der Waals surface area contributed by atoms with Crippen LogP contribution >= 0.6 is 11.3 Å². The van der Waals surface area contributed by atoms with E-state index < -0.39 is 0 Å². The average Bonchev–Trinajstić information content (AvgIpc) is 2.84. The van der Waals surface area contributed by atoms with E-state index in [1.54, 1.807) is 0 Å². The molecule has 4 bridgehead atoms. The predicted octanol–water partition coefficient (Wildman–Crippen LogP) is 3.80. The van der Waals surface area contributed by atoms with Crippen molar-refractivity contribution < 1.29 is 0 Å². The molecule has 0 amide bonds. The Labute approximate surface area is 131 Å². The first kappa shape index (κ1) is 14.1. The molecule has 116 valence electrons. The van der Waals surface area contributed by atoms with Gasteiger partial charge in [0.15, 0.2) is 0 Å². The van der Waals surface area contributed by atoms with Gasteiger partial charge < -0.3 is 5.32 Å². The Balaban J connectivity index is 1.41. The monoisotopic (exact) mass is 305 g/mol. The molecule has 1 heterocycles. The molecular weight excluding hydrogens is 278 g/mol. The van der Waals surface area contributed by atoms with Crippen LogP contribution in [0, 0.1) is 23.2 Å². The van der Waals surface area contributed by atoms with Crippen LogP contribution in [0.3, 0.4) is 0 Å². The van der Waals surface area contributed by atoms with E-state index in [1.165, 1.54) is 61.4 Å². The standard InChI is InChI=1S/C17H27N3S/c1-2-3-18-11-16-20-19-15(21-16)10-17-7-12-4-13(8-17)6-14(5-12)9-17/h12-14,18H,2-11H2,1H3. The molecular formula is C17H27N3S. The van der Waals surface area contributed by atoms with Gasteiger partial charge in [0.25, 0.3) is 0 Å². The molecule has 0 radical (unpaired) electrons. The van der Waals surface area contributed by atoms with Crippen LogP contribution in [0.15, 0.2) is 0 Å². The Kier molecular flexibility index (Phi) is 3.78. The molecule has 0 aromatic carbocycles. The fraction of sp³-hybridized carbons (Fsp3) is 0.882. The highest BCUT2D eigenvalue weighted by Gasteiger charge is 2.50. The second kappa shape index (κ2) is 5.62. The van der Waals surface area contributed by atoms with Crippen molar-refractivity contribution >= 4 is 11.3 Å². The van der Waals surface area contributed by atoms with Crippen molar-refractivity contribution in [3.05, 3.63) is 10.0 Å². The second-order valence-corrected chi connectivity index (χ2v) is 9.01. The zero-order valence-electron chi connectivity index (χ0n) is 13.1. The molecule has 21 heavy (non-hydrogen) atoms. The minimum atomic E-state index is 0.600. The summed E-state index contributed by atoms with van der Waals surface area (Å²) in [6.07, 6.45) is 11.4. The fourth-order valence-corrected chi connectivity index (χ4v) is 6.62. The Hall–Kier alpha value is -0.480. The summed E-state index contributed by atoms with van der Waals surface area (Å²) in [5.41, 5.74) is 0.600. The van der Waals surface area contributed by atoms with Crippen molar-refractivity contribution in [2.24, 2.45) is 23.2 Å². The van der Waals surface area contributed by atoms with Crippen molar-refractivity contribution in [2.45, 2.75) is 64.8 Å². The summed E-state index contributed by atoms with van der Waals surface area (Å²) in [7, 11) is 0. The summed E-state index contributed by atoms with van der Waals surface area (Å²) in [5, 5.41) is 14.8. The highest BCUT2D eigenvalue weighted by atomic mass is 32.1. The summed E-state index contributed by atoms with van der Waals surface area (Å²) in [5.74, 6) is 3.11. The van der Waals surface area contributed by atoms with E-state index in [2.05, 4.69) is 22.4 Å². The van der Waals surface area contributed by atoms with Crippen molar-refractivity contribution in [3.8, 4) is 0 Å². The number of hydrogen-bond donors (Lipinski definition) is 1. The molecule has 4 aliphatic carbocycles. The molecule has 1 aromatic rings. The molecule has 0 unspecified atom stereocenters. The highest BCUT2D eigenvalue weighted by Crippen LogP contribution is 2.61. The van der Waals surface area contributed by atoms with Gasteiger partial charge in [-0.05, 0) is 74.7 Å². The largest absolute Gasteiger partial charge is 0.310 e. The molecule has 3 nitrogen and oxygen atoms in total. The van der Waals surface area contributed by atoms with Gasteiger partial charge in [0.05, 0.1) is 0 Å². The van der Waals surface area contributed by atoms with E-state index in [9.17, 15) is 0 Å². The summed E-state index contributed by atoms with van der Waals surface area (Å²) in [6, 6.07) is 0. The molecule has 1 N–H and O–H groups in total. The Morgan fingerprint density at radius 1 is 1.05 bits per heavy atom. The van der Waals surface area contributed by atoms with Crippen LogP contribution in [0.4, 0.5) is 0 Å². The lowest BCUT2D eigenvalue weighted by atomic mass is 9.49. The van der Waals surface area contributed by atoms with Gasteiger partial charge in [0, 0.05) is 13.0 Å². The lowest BCUT2D eigenvalue weighted by Gasteiger charge is -2.56. The first-order valence-electron chi connectivity index (χ1n) is 8.77. The minimum Gasteiger partial charge on any atom is -0.310 e. The predicted molar refractivity (Wildman–Crippen MR) is 86.2 cm³/mol. The third kappa shape index (κ3) is 2.89. The lowest BCUT2D eigenvalue weighted by molar-refractivity contribution is -0.0522. The normalized spacial score (nSPS) is 37.3. The SMILES string of the molecule is CCCNCc1nnc(CC23CC4CC(CC(C4)C2)C3)s1. The second-order valence-electron chi connectivity index (χ2n) is 7.86. The third-order valence-electron chi connectivity index (χ3n) is 5.90. The molecule has 4 saturated carbocycles. The lowest BCUT2D eigenvalue weighted by Crippen LogP contribution is -2.47. The van der Waals surface area contributed by atoms with Gasteiger partial charge >= 0.3 is 0 Å². The smallest absolute Gasteiger partial charge is 0.131 e. The van der Waals surface area contributed by atoms with E-state index in [0.29, 0.717) is 5.41 Å². The van der Waals surface area contributed by atoms with Gasteiger partial charge in [0.2, 0.25) is 0 Å². The van der Waals surface area contributed by atoms with Gasteiger partial charge in [-0.15, -0.1) is 21.5 Å². The average molecular weight is 305 g/mol. The number of nitrogens with one attached hydrogen (secondary N) is 1. The molecule has 4 heteroatoms. The highest BCUT2D eigenvalue weighted by molar-refractivity contribution is 7.11. The van der Waals surface area contributed by atoms with Crippen molar-refractivity contribution in [3.63, 3.8) is 0 Å². The molecule has 0 saturated heterocycles. The van der Waals surface area contributed by atoms with Crippen LogP contribution in [0.25, 0.3) is 0 Å². The molecule has 0 aliphatic heterocycles. The van der Waals surface area contributed by atoms with Gasteiger partial charge in [-0.1, -0.05) is 6.92 Å². The first-order chi connectivity index (χ1) is 10.2. The molecule has 0 atom stereocenters. The van der Waals surface area contributed by atoms with E-state index in [0.717, 1.165) is 30.8 Å². The zero-order chi connectivity index (χ0) is 14.3. The van der Waals surface area contributed by atoms with Crippen LogP contribution in [0.2, 0.25) is 0 Å². The van der Waals surface area contributed by atoms with Crippen LogP contribution in [0.5, 0.6) is 0 Å². The molecule has 4 fully saturated rings. The van der Waals surface area contributed by atoms with Crippen LogP contribution in [-0.4, -0.2) is 16.7 Å². The van der Waals surface area contributed by atoms with E-state index in [1.807, 2.05) is 11.3 Å². The van der Waals surface area contributed by atoms with Crippen LogP contribution in [-0.2, 0) is 13.0 Å². The first-order valence-corrected chi connectivity index (χ1v) is 9.58.